The van der Waals surface area contributed by atoms with Crippen molar-refractivity contribution in [2.75, 3.05) is 52.4 Å². The predicted octanol–water partition coefficient (Wildman–Crippen LogP) is 3.69. The highest BCUT2D eigenvalue weighted by Gasteiger charge is 2.25. The van der Waals surface area contributed by atoms with E-state index in [1.807, 2.05) is 0 Å². The van der Waals surface area contributed by atoms with E-state index in [1.165, 1.54) is 11.1 Å². The zero-order valence-electron chi connectivity index (χ0n) is 20.7. The van der Waals surface area contributed by atoms with Crippen LogP contribution in [0.2, 0.25) is 0 Å². The summed E-state index contributed by atoms with van der Waals surface area (Å²) >= 11 is 0. The molecule has 0 atom stereocenters. The summed E-state index contributed by atoms with van der Waals surface area (Å²) < 4.78 is 0. The van der Waals surface area contributed by atoms with Crippen molar-refractivity contribution in [3.8, 4) is 0 Å². The molecule has 0 radical (unpaired) electrons. The number of guanidine groups is 1. The normalized spacial score (nSPS) is 16.0. The van der Waals surface area contributed by atoms with Crippen LogP contribution in [0.5, 0.6) is 0 Å². The van der Waals surface area contributed by atoms with Gasteiger partial charge in [-0.05, 0) is 49.3 Å². The molecule has 0 aliphatic carbocycles. The molecule has 1 aliphatic rings. The third-order valence-corrected chi connectivity index (χ3v) is 6.95. The Morgan fingerprint density at radius 1 is 0.969 bits per heavy atom. The molecule has 0 bridgehead atoms. The van der Waals surface area contributed by atoms with Gasteiger partial charge in [0.1, 0.15) is 0 Å². The molecule has 0 spiro atoms. The van der Waals surface area contributed by atoms with Crippen molar-refractivity contribution in [3.63, 3.8) is 0 Å². The number of nitrogens with one attached hydrogen (secondary N) is 2. The molecular weight excluding hydrogens is 513 g/mol. The van der Waals surface area contributed by atoms with Crippen molar-refractivity contribution in [3.05, 3.63) is 35.4 Å². The molecule has 3 N–H and O–H groups in total. The summed E-state index contributed by atoms with van der Waals surface area (Å²) in [5.41, 5.74) is 2.79. The van der Waals surface area contributed by atoms with E-state index in [0.29, 0.717) is 6.54 Å². The minimum absolute atomic E-state index is 0. The van der Waals surface area contributed by atoms with Crippen molar-refractivity contribution in [2.45, 2.75) is 60.0 Å². The van der Waals surface area contributed by atoms with Gasteiger partial charge in [-0.2, -0.15) is 0 Å². The van der Waals surface area contributed by atoms with E-state index < -0.39 is 0 Å². The van der Waals surface area contributed by atoms with Crippen molar-refractivity contribution >= 4 is 29.9 Å². The van der Waals surface area contributed by atoms with E-state index in [1.54, 1.807) is 0 Å². The molecule has 6 nitrogen and oxygen atoms in total. The van der Waals surface area contributed by atoms with Crippen LogP contribution in [0.25, 0.3) is 0 Å². The number of hydrogen-bond acceptors (Lipinski definition) is 4. The fourth-order valence-electron chi connectivity index (χ4n) is 4.33. The first kappa shape index (κ1) is 29.1. The van der Waals surface area contributed by atoms with Gasteiger partial charge in [0.15, 0.2) is 5.96 Å². The molecule has 1 heterocycles. The molecule has 1 aromatic carbocycles. The smallest absolute Gasteiger partial charge is 0.191 e. The maximum Gasteiger partial charge on any atom is 0.191 e. The van der Waals surface area contributed by atoms with Crippen LogP contribution in [-0.4, -0.2) is 73.3 Å². The first-order valence-corrected chi connectivity index (χ1v) is 12.2. The number of piperazine rings is 1. The van der Waals surface area contributed by atoms with E-state index in [9.17, 15) is 5.11 Å². The van der Waals surface area contributed by atoms with Gasteiger partial charge < -0.3 is 20.6 Å². The number of aliphatic hydroxyl groups excluding tert-OH is 1. The summed E-state index contributed by atoms with van der Waals surface area (Å²) in [5.74, 6) is 0.859. The van der Waals surface area contributed by atoms with Crippen LogP contribution in [0.1, 0.15) is 58.1 Å². The van der Waals surface area contributed by atoms with Gasteiger partial charge >= 0.3 is 0 Å². The Morgan fingerprint density at radius 3 is 2.16 bits per heavy atom. The van der Waals surface area contributed by atoms with E-state index in [2.05, 4.69) is 72.4 Å². The summed E-state index contributed by atoms with van der Waals surface area (Å²) in [6.07, 6.45) is 2.91. The molecule has 1 aromatic rings. The average molecular weight is 560 g/mol. The summed E-state index contributed by atoms with van der Waals surface area (Å²) in [7, 11) is 0. The van der Waals surface area contributed by atoms with Crippen molar-refractivity contribution < 1.29 is 5.11 Å². The lowest BCUT2D eigenvalue weighted by molar-refractivity contribution is 0.131. The van der Waals surface area contributed by atoms with Gasteiger partial charge in [-0.3, -0.25) is 4.90 Å². The fraction of sp³-hybridized carbons (Fsp3) is 0.720. The largest absolute Gasteiger partial charge is 0.396 e. The van der Waals surface area contributed by atoms with Gasteiger partial charge in [0, 0.05) is 52.4 Å². The molecule has 1 fully saturated rings. The second-order valence-corrected chi connectivity index (χ2v) is 8.71. The number of nitrogens with zero attached hydrogens (tertiary/aromatic N) is 3. The Labute approximate surface area is 213 Å². The highest BCUT2D eigenvalue weighted by atomic mass is 127. The van der Waals surface area contributed by atoms with Crippen molar-refractivity contribution in [1.29, 1.82) is 0 Å². The van der Waals surface area contributed by atoms with E-state index in [4.69, 9.17) is 4.99 Å². The summed E-state index contributed by atoms with van der Waals surface area (Å²) in [6, 6.07) is 8.71. The zero-order valence-corrected chi connectivity index (χ0v) is 23.0. The topological polar surface area (TPSA) is 63.1 Å². The molecule has 2 rings (SSSR count). The molecule has 0 unspecified atom stereocenters. The second-order valence-electron chi connectivity index (χ2n) is 8.71. The molecule has 0 saturated carbocycles. The third kappa shape index (κ3) is 9.15. The Hall–Kier alpha value is -0.900. The molecule has 184 valence electrons. The maximum absolute atomic E-state index is 9.50. The summed E-state index contributed by atoms with van der Waals surface area (Å²) in [4.78, 5) is 9.98. The summed E-state index contributed by atoms with van der Waals surface area (Å²) in [6.45, 7) is 18.1. The highest BCUT2D eigenvalue weighted by Crippen LogP contribution is 2.29. The van der Waals surface area contributed by atoms with Crippen LogP contribution in [-0.2, 0) is 13.1 Å². The standard InChI is InChI=1S/C25H45N5O.HI/c1-5-25(6-2,13-18-31)21-28-24(26-7-3)27-19-22-11-9-10-12-23(22)20-30-16-14-29(8-4)15-17-30;/h9-12,31H,5-8,13-21H2,1-4H3,(H2,26,27,28);1H. The van der Waals surface area contributed by atoms with E-state index in [0.717, 1.165) is 77.6 Å². The van der Waals surface area contributed by atoms with Crippen LogP contribution in [0.15, 0.2) is 29.3 Å². The number of halogens is 1. The van der Waals surface area contributed by atoms with Gasteiger partial charge in [-0.1, -0.05) is 45.0 Å². The Bertz CT molecular complexity index is 657. The maximum atomic E-state index is 9.50. The average Bonchev–Trinajstić information content (AvgIpc) is 2.81. The first-order valence-electron chi connectivity index (χ1n) is 12.2. The minimum atomic E-state index is 0. The van der Waals surface area contributed by atoms with E-state index >= 15 is 0 Å². The molecule has 32 heavy (non-hydrogen) atoms. The van der Waals surface area contributed by atoms with Crippen molar-refractivity contribution in [1.82, 2.24) is 20.4 Å². The van der Waals surface area contributed by atoms with Crippen LogP contribution in [0.3, 0.4) is 0 Å². The van der Waals surface area contributed by atoms with Crippen LogP contribution >= 0.6 is 24.0 Å². The van der Waals surface area contributed by atoms with Gasteiger partial charge in [-0.15, -0.1) is 24.0 Å². The number of benzene rings is 1. The van der Waals surface area contributed by atoms with Gasteiger partial charge in [0.25, 0.3) is 0 Å². The van der Waals surface area contributed by atoms with Crippen LogP contribution in [0.4, 0.5) is 0 Å². The first-order chi connectivity index (χ1) is 15.1. The highest BCUT2D eigenvalue weighted by molar-refractivity contribution is 14.0. The number of hydrogen-bond donors (Lipinski definition) is 3. The quantitative estimate of drug-likeness (QED) is 0.207. The zero-order chi connectivity index (χ0) is 22.5. The van der Waals surface area contributed by atoms with Crippen LogP contribution < -0.4 is 10.6 Å². The van der Waals surface area contributed by atoms with Gasteiger partial charge in [-0.25, -0.2) is 4.99 Å². The second kappa shape index (κ2) is 15.9. The SMILES string of the molecule is CCNC(=NCc1ccccc1CN1CCN(CC)CC1)NCC(CC)(CC)CCO.I. The number of likely N-dealkylation sites (N-methyl/N-ethyl adjacent to an activating group) is 1. The molecule has 0 aromatic heterocycles. The van der Waals surface area contributed by atoms with Gasteiger partial charge in [0.2, 0.25) is 0 Å². The van der Waals surface area contributed by atoms with E-state index in [-0.39, 0.29) is 36.0 Å². The lowest BCUT2D eigenvalue weighted by Crippen LogP contribution is -2.45. The molecule has 0 amide bonds. The Kier molecular flexibility index (Phi) is 14.4. The fourth-order valence-corrected chi connectivity index (χ4v) is 4.33. The number of aliphatic imine (C=N–C) groups is 1. The molecule has 1 aliphatic heterocycles. The van der Waals surface area contributed by atoms with Crippen LogP contribution in [0, 0.1) is 5.41 Å². The Morgan fingerprint density at radius 2 is 1.59 bits per heavy atom. The third-order valence-electron chi connectivity index (χ3n) is 6.95. The molecule has 7 heteroatoms. The minimum Gasteiger partial charge on any atom is -0.396 e. The lowest BCUT2D eigenvalue weighted by Gasteiger charge is -2.34. The molecular formula is C25H46IN5O. The predicted molar refractivity (Wildman–Crippen MR) is 147 cm³/mol. The Balaban J connectivity index is 0.00000512. The monoisotopic (exact) mass is 559 g/mol. The summed E-state index contributed by atoms with van der Waals surface area (Å²) in [5, 5.41) is 16.4. The number of aliphatic hydroxyl groups is 1. The van der Waals surface area contributed by atoms with Crippen molar-refractivity contribution in [2.24, 2.45) is 10.4 Å². The molecule has 1 saturated heterocycles. The lowest BCUT2D eigenvalue weighted by atomic mass is 9.79. The number of rotatable bonds is 12. The van der Waals surface area contributed by atoms with Gasteiger partial charge in [0.05, 0.1) is 6.54 Å².